The van der Waals surface area contributed by atoms with Crippen molar-refractivity contribution in [3.05, 3.63) is 23.8 Å². The zero-order valence-electron chi connectivity index (χ0n) is 11.6. The quantitative estimate of drug-likeness (QED) is 0.735. The van der Waals surface area contributed by atoms with E-state index in [2.05, 4.69) is 0 Å². The number of para-hydroxylation sites is 1. The van der Waals surface area contributed by atoms with Gasteiger partial charge in [0.1, 0.15) is 0 Å². The minimum Gasteiger partial charge on any atom is -0.504 e. The highest BCUT2D eigenvalue weighted by Gasteiger charge is 2.17. The Bertz CT molecular complexity index is 421. The first-order valence-corrected chi connectivity index (χ1v) is 6.43. The number of unbranched alkanes of at least 4 members (excludes halogenated alkanes) is 2. The highest BCUT2D eigenvalue weighted by atomic mass is 16.5. The van der Waals surface area contributed by atoms with Gasteiger partial charge in [0.15, 0.2) is 11.5 Å². The van der Waals surface area contributed by atoms with Crippen LogP contribution in [0.4, 0.5) is 0 Å². The molecule has 5 heteroatoms. The average Bonchev–Trinajstić information content (AvgIpc) is 2.43. The van der Waals surface area contributed by atoms with E-state index in [0.717, 1.165) is 19.3 Å². The summed E-state index contributed by atoms with van der Waals surface area (Å²) in [4.78, 5) is 13.8. The number of phenols is 1. The fourth-order valence-corrected chi connectivity index (χ4v) is 1.84. The Morgan fingerprint density at radius 2 is 2.11 bits per heavy atom. The zero-order valence-corrected chi connectivity index (χ0v) is 11.6. The number of nitrogens with zero attached hydrogens (tertiary/aromatic N) is 1. The SMILES string of the molecule is COc1cccc(C(=O)N(C)CCCCCN)c1O. The van der Waals surface area contributed by atoms with Crippen molar-refractivity contribution >= 4 is 5.91 Å². The number of amides is 1. The van der Waals surface area contributed by atoms with Crippen LogP contribution in [-0.4, -0.2) is 43.2 Å². The van der Waals surface area contributed by atoms with Crippen molar-refractivity contribution in [3.63, 3.8) is 0 Å². The van der Waals surface area contributed by atoms with Crippen molar-refractivity contribution in [3.8, 4) is 11.5 Å². The summed E-state index contributed by atoms with van der Waals surface area (Å²) in [6.45, 7) is 1.32. The van der Waals surface area contributed by atoms with Crippen LogP contribution >= 0.6 is 0 Å². The number of hydrogen-bond acceptors (Lipinski definition) is 4. The third-order valence-corrected chi connectivity index (χ3v) is 2.99. The molecule has 0 saturated heterocycles. The van der Waals surface area contributed by atoms with Gasteiger partial charge >= 0.3 is 0 Å². The van der Waals surface area contributed by atoms with E-state index in [9.17, 15) is 9.90 Å². The molecule has 1 rings (SSSR count). The molecule has 3 N–H and O–H groups in total. The second-order valence-corrected chi connectivity index (χ2v) is 4.43. The first-order valence-electron chi connectivity index (χ1n) is 6.43. The Balaban J connectivity index is 2.66. The lowest BCUT2D eigenvalue weighted by molar-refractivity contribution is 0.0789. The van der Waals surface area contributed by atoms with Crippen LogP contribution in [0.3, 0.4) is 0 Å². The molecule has 0 bridgehead atoms. The van der Waals surface area contributed by atoms with E-state index < -0.39 is 0 Å². The van der Waals surface area contributed by atoms with Crippen LogP contribution in [0.25, 0.3) is 0 Å². The van der Waals surface area contributed by atoms with Crippen molar-refractivity contribution in [2.45, 2.75) is 19.3 Å². The molecule has 1 aromatic rings. The maximum Gasteiger partial charge on any atom is 0.257 e. The van der Waals surface area contributed by atoms with Gasteiger partial charge in [-0.25, -0.2) is 0 Å². The predicted molar refractivity (Wildman–Crippen MR) is 74.5 cm³/mol. The van der Waals surface area contributed by atoms with Gasteiger partial charge in [-0.15, -0.1) is 0 Å². The van der Waals surface area contributed by atoms with Crippen LogP contribution in [0, 0.1) is 0 Å². The summed E-state index contributed by atoms with van der Waals surface area (Å²) in [6.07, 6.45) is 2.87. The summed E-state index contributed by atoms with van der Waals surface area (Å²) >= 11 is 0. The first kappa shape index (κ1) is 15.3. The van der Waals surface area contributed by atoms with E-state index in [1.54, 1.807) is 30.1 Å². The lowest BCUT2D eigenvalue weighted by atomic mass is 10.1. The molecule has 0 aliphatic rings. The third-order valence-electron chi connectivity index (χ3n) is 2.99. The number of hydrogen-bond donors (Lipinski definition) is 2. The number of carbonyl (C=O) groups is 1. The van der Waals surface area contributed by atoms with Crippen LogP contribution < -0.4 is 10.5 Å². The Kier molecular flexibility index (Phi) is 6.15. The largest absolute Gasteiger partial charge is 0.504 e. The van der Waals surface area contributed by atoms with Crippen LogP contribution in [0.5, 0.6) is 11.5 Å². The van der Waals surface area contributed by atoms with Gasteiger partial charge in [0.25, 0.3) is 5.91 Å². The number of aromatic hydroxyl groups is 1. The molecule has 0 aliphatic heterocycles. The fourth-order valence-electron chi connectivity index (χ4n) is 1.84. The maximum atomic E-state index is 12.2. The molecule has 0 unspecified atom stereocenters. The molecule has 0 heterocycles. The highest BCUT2D eigenvalue weighted by Crippen LogP contribution is 2.29. The van der Waals surface area contributed by atoms with Crippen LogP contribution in [0.15, 0.2) is 18.2 Å². The molecule has 1 amide bonds. The zero-order chi connectivity index (χ0) is 14.3. The van der Waals surface area contributed by atoms with Gasteiger partial charge < -0.3 is 20.5 Å². The number of nitrogens with two attached hydrogens (primary N) is 1. The average molecular weight is 266 g/mol. The second-order valence-electron chi connectivity index (χ2n) is 4.43. The standard InChI is InChI=1S/C14H22N2O3/c1-16(10-5-3-4-9-15)14(18)11-7-6-8-12(19-2)13(11)17/h6-8,17H,3-5,9-10,15H2,1-2H3. The number of carbonyl (C=O) groups excluding carboxylic acids is 1. The Morgan fingerprint density at radius 1 is 1.37 bits per heavy atom. The molecule has 0 atom stereocenters. The van der Waals surface area contributed by atoms with Crippen molar-refractivity contribution in [2.24, 2.45) is 5.73 Å². The third kappa shape index (κ3) is 4.13. The summed E-state index contributed by atoms with van der Waals surface area (Å²) in [7, 11) is 3.18. The molecule has 19 heavy (non-hydrogen) atoms. The number of rotatable bonds is 7. The second kappa shape index (κ2) is 7.63. The molecule has 0 fully saturated rings. The monoisotopic (exact) mass is 266 g/mol. The van der Waals surface area contributed by atoms with E-state index in [1.807, 2.05) is 0 Å². The molecule has 0 spiro atoms. The normalized spacial score (nSPS) is 10.3. The summed E-state index contributed by atoms with van der Waals surface area (Å²) in [6, 6.07) is 4.90. The topological polar surface area (TPSA) is 75.8 Å². The van der Waals surface area contributed by atoms with Gasteiger partial charge in [-0.2, -0.15) is 0 Å². The molecule has 5 nitrogen and oxygen atoms in total. The van der Waals surface area contributed by atoms with E-state index in [0.29, 0.717) is 18.8 Å². The number of ether oxygens (including phenoxy) is 1. The van der Waals surface area contributed by atoms with Crippen LogP contribution in [-0.2, 0) is 0 Å². The number of benzene rings is 1. The molecular formula is C14H22N2O3. The summed E-state index contributed by atoms with van der Waals surface area (Å²) < 4.78 is 4.99. The minimum absolute atomic E-state index is 0.108. The lowest BCUT2D eigenvalue weighted by Gasteiger charge is -2.18. The van der Waals surface area contributed by atoms with Gasteiger partial charge in [-0.05, 0) is 31.5 Å². The minimum atomic E-state index is -0.204. The van der Waals surface area contributed by atoms with Crippen molar-refractivity contribution in [1.29, 1.82) is 0 Å². The smallest absolute Gasteiger partial charge is 0.257 e. The molecule has 0 aromatic heterocycles. The Morgan fingerprint density at radius 3 is 2.74 bits per heavy atom. The Hall–Kier alpha value is -1.75. The van der Waals surface area contributed by atoms with E-state index in [1.165, 1.54) is 7.11 Å². The predicted octanol–water partition coefficient (Wildman–Crippen LogP) is 1.60. The van der Waals surface area contributed by atoms with Gasteiger partial charge in [0.2, 0.25) is 0 Å². The van der Waals surface area contributed by atoms with E-state index in [4.69, 9.17) is 10.5 Å². The first-order chi connectivity index (χ1) is 9.11. The van der Waals surface area contributed by atoms with Crippen molar-refractivity contribution < 1.29 is 14.6 Å². The van der Waals surface area contributed by atoms with E-state index >= 15 is 0 Å². The van der Waals surface area contributed by atoms with E-state index in [-0.39, 0.29) is 17.2 Å². The Labute approximate surface area is 114 Å². The summed E-state index contributed by atoms with van der Waals surface area (Å²) in [5.41, 5.74) is 5.69. The molecule has 0 aliphatic carbocycles. The summed E-state index contributed by atoms with van der Waals surface area (Å²) in [5, 5.41) is 9.93. The maximum absolute atomic E-state index is 12.2. The lowest BCUT2D eigenvalue weighted by Crippen LogP contribution is -2.27. The van der Waals surface area contributed by atoms with Crippen molar-refractivity contribution in [2.75, 3.05) is 27.2 Å². The number of methoxy groups -OCH3 is 1. The van der Waals surface area contributed by atoms with Gasteiger partial charge in [-0.3, -0.25) is 4.79 Å². The van der Waals surface area contributed by atoms with Crippen molar-refractivity contribution in [1.82, 2.24) is 4.90 Å². The summed E-state index contributed by atoms with van der Waals surface area (Å²) in [5.74, 6) is -0.00432. The van der Waals surface area contributed by atoms with Gasteiger partial charge in [0.05, 0.1) is 12.7 Å². The van der Waals surface area contributed by atoms with Gasteiger partial charge in [0, 0.05) is 13.6 Å². The molecule has 0 radical (unpaired) electrons. The van der Waals surface area contributed by atoms with Gasteiger partial charge in [-0.1, -0.05) is 12.5 Å². The van der Waals surface area contributed by atoms with Crippen LogP contribution in [0.2, 0.25) is 0 Å². The fraction of sp³-hybridized carbons (Fsp3) is 0.500. The molecule has 1 aromatic carbocycles. The highest BCUT2D eigenvalue weighted by molar-refractivity contribution is 5.97. The molecule has 0 saturated carbocycles. The van der Waals surface area contributed by atoms with Crippen LogP contribution in [0.1, 0.15) is 29.6 Å². The molecular weight excluding hydrogens is 244 g/mol. The molecule has 106 valence electrons. The number of phenolic OH excluding ortho intramolecular Hbond substituents is 1.